The van der Waals surface area contributed by atoms with Crippen molar-refractivity contribution in [3.8, 4) is 11.5 Å². The number of benzene rings is 2. The zero-order chi connectivity index (χ0) is 19.0. The predicted octanol–water partition coefficient (Wildman–Crippen LogP) is 3.26. The number of rotatable bonds is 4. The highest BCUT2D eigenvalue weighted by Crippen LogP contribution is 2.35. The third kappa shape index (κ3) is 3.38. The van der Waals surface area contributed by atoms with Crippen LogP contribution >= 0.6 is 11.3 Å². The van der Waals surface area contributed by atoms with Gasteiger partial charge in [0.25, 0.3) is 10.0 Å². The SMILES string of the molecule is C=CCn1/c(=N/S(=O)(=O)c2ccc(C)cc2)sc2cc3c(cc21)OCCO3. The molecule has 3 aromatic rings. The molecule has 8 heteroatoms. The molecule has 0 radical (unpaired) electrons. The second-order valence-electron chi connectivity index (χ2n) is 6.13. The summed E-state index contributed by atoms with van der Waals surface area (Å²) < 4.78 is 43.6. The summed E-state index contributed by atoms with van der Waals surface area (Å²) in [7, 11) is -3.82. The monoisotopic (exact) mass is 402 g/mol. The van der Waals surface area contributed by atoms with Gasteiger partial charge in [-0.1, -0.05) is 35.1 Å². The van der Waals surface area contributed by atoms with Gasteiger partial charge in [0.05, 0.1) is 15.1 Å². The molecule has 2 heterocycles. The van der Waals surface area contributed by atoms with E-state index in [2.05, 4.69) is 11.0 Å². The first kappa shape index (κ1) is 17.8. The summed E-state index contributed by atoms with van der Waals surface area (Å²) in [6, 6.07) is 10.4. The van der Waals surface area contributed by atoms with Crippen molar-refractivity contribution in [1.29, 1.82) is 0 Å². The van der Waals surface area contributed by atoms with Crippen LogP contribution in [0.25, 0.3) is 10.2 Å². The predicted molar refractivity (Wildman–Crippen MR) is 105 cm³/mol. The number of hydrogen-bond acceptors (Lipinski definition) is 5. The van der Waals surface area contributed by atoms with Crippen LogP contribution in [0.1, 0.15) is 5.56 Å². The Balaban J connectivity index is 1.92. The van der Waals surface area contributed by atoms with E-state index in [4.69, 9.17) is 9.47 Å². The first-order chi connectivity index (χ1) is 13.0. The normalized spacial score (nSPS) is 14.5. The van der Waals surface area contributed by atoms with Gasteiger partial charge in [-0.15, -0.1) is 11.0 Å². The van der Waals surface area contributed by atoms with Gasteiger partial charge in [0.1, 0.15) is 13.2 Å². The number of fused-ring (bicyclic) bond motifs is 2. The van der Waals surface area contributed by atoms with Crippen molar-refractivity contribution in [2.75, 3.05) is 13.2 Å². The number of ether oxygens (including phenoxy) is 2. The van der Waals surface area contributed by atoms with Crippen molar-refractivity contribution < 1.29 is 17.9 Å². The molecular formula is C19H18N2O4S2. The maximum absolute atomic E-state index is 12.8. The Hall–Kier alpha value is -2.58. The van der Waals surface area contributed by atoms with E-state index in [1.54, 1.807) is 30.3 Å². The molecule has 27 heavy (non-hydrogen) atoms. The highest BCUT2D eigenvalue weighted by molar-refractivity contribution is 7.90. The summed E-state index contributed by atoms with van der Waals surface area (Å²) in [5.41, 5.74) is 1.82. The van der Waals surface area contributed by atoms with Crippen molar-refractivity contribution in [2.45, 2.75) is 18.4 Å². The molecule has 0 fully saturated rings. The minimum absolute atomic E-state index is 0.168. The molecule has 0 spiro atoms. The second-order valence-corrected chi connectivity index (χ2v) is 8.74. The molecule has 0 amide bonds. The lowest BCUT2D eigenvalue weighted by Crippen LogP contribution is -2.17. The van der Waals surface area contributed by atoms with E-state index < -0.39 is 10.0 Å². The summed E-state index contributed by atoms with van der Waals surface area (Å²) in [5.74, 6) is 1.31. The Kier molecular flexibility index (Phi) is 4.53. The van der Waals surface area contributed by atoms with Gasteiger partial charge in [-0.2, -0.15) is 8.42 Å². The third-order valence-electron chi connectivity index (χ3n) is 4.18. The molecule has 0 aliphatic carbocycles. The first-order valence-corrected chi connectivity index (χ1v) is 10.7. The molecule has 6 nitrogen and oxygen atoms in total. The van der Waals surface area contributed by atoms with Crippen LogP contribution in [0.2, 0.25) is 0 Å². The molecular weight excluding hydrogens is 384 g/mol. The molecule has 4 rings (SSSR count). The molecule has 140 valence electrons. The van der Waals surface area contributed by atoms with Gasteiger partial charge in [-0.25, -0.2) is 0 Å². The lowest BCUT2D eigenvalue weighted by Gasteiger charge is -2.18. The van der Waals surface area contributed by atoms with E-state index in [1.807, 2.05) is 23.6 Å². The molecule has 0 saturated heterocycles. The first-order valence-electron chi connectivity index (χ1n) is 8.39. The molecule has 0 unspecified atom stereocenters. The van der Waals surface area contributed by atoms with Crippen LogP contribution in [0, 0.1) is 6.92 Å². The van der Waals surface area contributed by atoms with Crippen LogP contribution in [0.15, 0.2) is 58.3 Å². The summed E-state index contributed by atoms with van der Waals surface area (Å²) in [6.45, 7) is 7.10. The lowest BCUT2D eigenvalue weighted by atomic mass is 10.2. The highest BCUT2D eigenvalue weighted by Gasteiger charge is 2.18. The van der Waals surface area contributed by atoms with Gasteiger partial charge in [-0.05, 0) is 19.1 Å². The Morgan fingerprint density at radius 2 is 1.85 bits per heavy atom. The molecule has 1 aliphatic rings. The number of sulfonamides is 1. The number of aromatic nitrogens is 1. The number of aryl methyl sites for hydroxylation is 1. The molecule has 1 aliphatic heterocycles. The molecule has 0 atom stereocenters. The largest absolute Gasteiger partial charge is 0.486 e. The van der Waals surface area contributed by atoms with Gasteiger partial charge in [0.2, 0.25) is 4.80 Å². The molecule has 1 aromatic heterocycles. The summed E-state index contributed by atoms with van der Waals surface area (Å²) in [6.07, 6.45) is 1.71. The van der Waals surface area contributed by atoms with Gasteiger partial charge < -0.3 is 14.0 Å². The van der Waals surface area contributed by atoms with Crippen molar-refractivity contribution in [3.63, 3.8) is 0 Å². The van der Waals surface area contributed by atoms with E-state index in [1.165, 1.54) is 11.3 Å². The smallest absolute Gasteiger partial charge is 0.285 e. The van der Waals surface area contributed by atoms with Crippen LogP contribution in [0.4, 0.5) is 0 Å². The van der Waals surface area contributed by atoms with Crippen LogP contribution in [0.5, 0.6) is 11.5 Å². The fourth-order valence-electron chi connectivity index (χ4n) is 2.85. The standard InChI is InChI=1S/C19H18N2O4S2/c1-3-8-21-15-11-16-17(25-10-9-24-16)12-18(15)26-19(21)20-27(22,23)14-6-4-13(2)5-7-14/h3-7,11-12H,1,8-10H2,2H3/b20-19-. The Bertz CT molecular complexity index is 1190. The van der Waals surface area contributed by atoms with Crippen LogP contribution in [-0.2, 0) is 16.6 Å². The summed E-state index contributed by atoms with van der Waals surface area (Å²) in [4.78, 5) is 0.550. The lowest BCUT2D eigenvalue weighted by molar-refractivity contribution is 0.172. The molecule has 0 N–H and O–H groups in total. The molecule has 2 aromatic carbocycles. The van der Waals surface area contributed by atoms with Crippen LogP contribution in [-0.4, -0.2) is 26.2 Å². The maximum atomic E-state index is 12.8. The van der Waals surface area contributed by atoms with Crippen molar-refractivity contribution >= 4 is 31.6 Å². The minimum Gasteiger partial charge on any atom is -0.486 e. The van der Waals surface area contributed by atoms with Crippen molar-refractivity contribution in [3.05, 3.63) is 59.4 Å². The molecule has 0 saturated carbocycles. The van der Waals surface area contributed by atoms with Crippen LogP contribution in [0.3, 0.4) is 0 Å². The maximum Gasteiger partial charge on any atom is 0.285 e. The van der Waals surface area contributed by atoms with Gasteiger partial charge >= 0.3 is 0 Å². The van der Waals surface area contributed by atoms with Gasteiger partial charge in [0.15, 0.2) is 11.5 Å². The van der Waals surface area contributed by atoms with E-state index in [0.29, 0.717) is 36.1 Å². The highest BCUT2D eigenvalue weighted by atomic mass is 32.2. The zero-order valence-corrected chi connectivity index (χ0v) is 16.3. The average molecular weight is 402 g/mol. The second kappa shape index (κ2) is 6.86. The Morgan fingerprint density at radius 1 is 1.19 bits per heavy atom. The third-order valence-corrected chi connectivity index (χ3v) is 6.61. The van der Waals surface area contributed by atoms with E-state index in [-0.39, 0.29) is 4.90 Å². The fourth-order valence-corrected chi connectivity index (χ4v) is 5.10. The Morgan fingerprint density at radius 3 is 2.52 bits per heavy atom. The van der Waals surface area contributed by atoms with E-state index in [0.717, 1.165) is 15.8 Å². The number of allylic oxidation sites excluding steroid dienone is 1. The van der Waals surface area contributed by atoms with Crippen molar-refractivity contribution in [1.82, 2.24) is 4.57 Å². The summed E-state index contributed by atoms with van der Waals surface area (Å²) in [5, 5.41) is 0. The fraction of sp³-hybridized carbons (Fsp3) is 0.211. The zero-order valence-electron chi connectivity index (χ0n) is 14.7. The summed E-state index contributed by atoms with van der Waals surface area (Å²) >= 11 is 1.30. The number of thiazole rings is 1. The number of nitrogens with zero attached hydrogens (tertiary/aromatic N) is 2. The van der Waals surface area contributed by atoms with Gasteiger partial charge in [-0.3, -0.25) is 0 Å². The minimum atomic E-state index is -3.82. The van der Waals surface area contributed by atoms with Crippen LogP contribution < -0.4 is 14.3 Å². The molecule has 0 bridgehead atoms. The number of hydrogen-bond donors (Lipinski definition) is 0. The average Bonchev–Trinajstić information content (AvgIpc) is 2.96. The van der Waals surface area contributed by atoms with Gasteiger partial charge in [0, 0.05) is 18.7 Å². The van der Waals surface area contributed by atoms with E-state index >= 15 is 0 Å². The Labute approximate surface area is 161 Å². The topological polar surface area (TPSA) is 69.9 Å². The quantitative estimate of drug-likeness (QED) is 0.628. The van der Waals surface area contributed by atoms with Crippen molar-refractivity contribution in [2.24, 2.45) is 4.40 Å². The van der Waals surface area contributed by atoms with E-state index in [9.17, 15) is 8.42 Å².